The van der Waals surface area contributed by atoms with E-state index in [-0.39, 0.29) is 0 Å². The highest BCUT2D eigenvalue weighted by Gasteiger charge is 2.17. The Balaban J connectivity index is 3.12. The van der Waals surface area contributed by atoms with E-state index in [1.165, 1.54) is 0 Å². The Hall–Kier alpha value is -0.580. The van der Waals surface area contributed by atoms with Crippen LogP contribution in [-0.4, -0.2) is 11.2 Å². The van der Waals surface area contributed by atoms with E-state index < -0.39 is 12.1 Å². The molecule has 5 N–H and O–H groups in total. The number of aliphatic hydroxyl groups is 1. The minimum Gasteiger partial charge on any atom is -0.398 e. The van der Waals surface area contributed by atoms with E-state index in [0.717, 1.165) is 10.0 Å². The predicted octanol–water partition coefficient (Wildman–Crippen LogP) is 1.41. The van der Waals surface area contributed by atoms with Gasteiger partial charge in [-0.25, -0.2) is 0 Å². The number of anilines is 1. The fourth-order valence-corrected chi connectivity index (χ4v) is 1.79. The van der Waals surface area contributed by atoms with Crippen molar-refractivity contribution < 1.29 is 5.11 Å². The third kappa shape index (κ3) is 2.21. The van der Waals surface area contributed by atoms with Gasteiger partial charge in [-0.1, -0.05) is 22.0 Å². The molecule has 0 aliphatic carbocycles. The van der Waals surface area contributed by atoms with E-state index in [4.69, 9.17) is 11.5 Å². The van der Waals surface area contributed by atoms with Gasteiger partial charge in [0.15, 0.2) is 0 Å². The van der Waals surface area contributed by atoms with Gasteiger partial charge < -0.3 is 16.6 Å². The zero-order valence-corrected chi connectivity index (χ0v) is 8.95. The lowest BCUT2D eigenvalue weighted by molar-refractivity contribution is 0.164. The van der Waals surface area contributed by atoms with Gasteiger partial charge in [0, 0.05) is 15.7 Å². The first-order valence-corrected chi connectivity index (χ1v) is 4.81. The molecular formula is C9H13BrN2O. The topological polar surface area (TPSA) is 72.3 Å². The summed E-state index contributed by atoms with van der Waals surface area (Å²) >= 11 is 3.34. The molecule has 0 aromatic heterocycles. The first-order valence-electron chi connectivity index (χ1n) is 4.01. The second kappa shape index (κ2) is 4.09. The molecule has 13 heavy (non-hydrogen) atoms. The summed E-state index contributed by atoms with van der Waals surface area (Å²) in [6.07, 6.45) is -0.610. The summed E-state index contributed by atoms with van der Waals surface area (Å²) < 4.78 is 0.834. The predicted molar refractivity (Wildman–Crippen MR) is 57.2 cm³/mol. The van der Waals surface area contributed by atoms with Crippen molar-refractivity contribution in [3.63, 3.8) is 0 Å². The Morgan fingerprint density at radius 1 is 1.46 bits per heavy atom. The number of hydrogen-bond acceptors (Lipinski definition) is 3. The fourth-order valence-electron chi connectivity index (χ4n) is 1.15. The van der Waals surface area contributed by atoms with Gasteiger partial charge in [-0.15, -0.1) is 0 Å². The van der Waals surface area contributed by atoms with Crippen LogP contribution < -0.4 is 11.5 Å². The van der Waals surface area contributed by atoms with Gasteiger partial charge in [-0.05, 0) is 19.1 Å². The molecule has 0 aliphatic heterocycles. The Labute approximate surface area is 85.9 Å². The lowest BCUT2D eigenvalue weighted by Gasteiger charge is -2.18. The number of rotatable bonds is 2. The van der Waals surface area contributed by atoms with Crippen LogP contribution in [0.4, 0.5) is 5.69 Å². The minimum absolute atomic E-state index is 0.449. The molecule has 0 heterocycles. The van der Waals surface area contributed by atoms with Crippen molar-refractivity contribution in [1.82, 2.24) is 0 Å². The molecule has 72 valence electrons. The zero-order valence-electron chi connectivity index (χ0n) is 7.37. The van der Waals surface area contributed by atoms with Crippen LogP contribution in [0.2, 0.25) is 0 Å². The summed E-state index contributed by atoms with van der Waals surface area (Å²) in [7, 11) is 0. The summed E-state index contributed by atoms with van der Waals surface area (Å²) in [6.45, 7) is 1.64. The van der Waals surface area contributed by atoms with Crippen molar-refractivity contribution >= 4 is 21.6 Å². The third-order valence-corrected chi connectivity index (χ3v) is 2.63. The molecule has 4 heteroatoms. The lowest BCUT2D eigenvalue weighted by Crippen LogP contribution is -2.24. The number of halogens is 1. The van der Waals surface area contributed by atoms with E-state index >= 15 is 0 Å². The monoisotopic (exact) mass is 244 g/mol. The van der Waals surface area contributed by atoms with E-state index in [9.17, 15) is 5.11 Å². The number of hydrogen-bond donors (Lipinski definition) is 3. The van der Waals surface area contributed by atoms with Crippen molar-refractivity contribution in [2.24, 2.45) is 5.73 Å². The van der Waals surface area contributed by atoms with Crippen molar-refractivity contribution in [2.75, 3.05) is 5.73 Å². The molecule has 1 aromatic rings. The van der Waals surface area contributed by atoms with Crippen molar-refractivity contribution in [1.29, 1.82) is 0 Å². The molecule has 0 fully saturated rings. The minimum atomic E-state index is -0.610. The average Bonchev–Trinajstić information content (AvgIpc) is 2.03. The molecule has 1 rings (SSSR count). The normalized spacial score (nSPS) is 15.4. The number of nitrogen functional groups attached to an aromatic ring is 1. The summed E-state index contributed by atoms with van der Waals surface area (Å²) in [4.78, 5) is 0. The summed E-state index contributed by atoms with van der Waals surface area (Å²) in [5.74, 6) is 0. The van der Waals surface area contributed by atoms with Crippen LogP contribution in [0.25, 0.3) is 0 Å². The number of nitrogens with two attached hydrogens (primary N) is 2. The second-order valence-corrected chi connectivity index (χ2v) is 3.86. The van der Waals surface area contributed by atoms with E-state index in [1.54, 1.807) is 13.0 Å². The summed E-state index contributed by atoms with van der Waals surface area (Å²) in [5, 5.41) is 9.32. The smallest absolute Gasteiger partial charge is 0.0705 e. The third-order valence-electron chi connectivity index (χ3n) is 1.94. The van der Waals surface area contributed by atoms with Gasteiger partial charge >= 0.3 is 0 Å². The van der Waals surface area contributed by atoms with Gasteiger partial charge in [-0.2, -0.15) is 0 Å². The molecule has 0 saturated heterocycles. The van der Waals surface area contributed by atoms with Gasteiger partial charge in [0.25, 0.3) is 0 Å². The molecule has 0 spiro atoms. The molecule has 2 atom stereocenters. The van der Waals surface area contributed by atoms with Crippen molar-refractivity contribution in [2.45, 2.75) is 19.1 Å². The molecule has 0 amide bonds. The Kier molecular flexibility index (Phi) is 3.30. The molecule has 3 nitrogen and oxygen atoms in total. The van der Waals surface area contributed by atoms with Crippen LogP contribution in [-0.2, 0) is 0 Å². The van der Waals surface area contributed by atoms with E-state index in [2.05, 4.69) is 15.9 Å². The molecule has 1 aromatic carbocycles. The number of benzene rings is 1. The standard InChI is InChI=1S/C9H13BrN2O/c1-5(13)9(12)8-6(10)3-2-4-7(8)11/h2-5,9,13H,11-12H2,1H3/t5-,9-/m0/s1. The molecular weight excluding hydrogens is 232 g/mol. The van der Waals surface area contributed by atoms with Crippen LogP contribution in [0.1, 0.15) is 18.5 Å². The van der Waals surface area contributed by atoms with Gasteiger partial charge in [0.1, 0.15) is 0 Å². The Morgan fingerprint density at radius 3 is 2.54 bits per heavy atom. The molecule has 0 aliphatic rings. The van der Waals surface area contributed by atoms with Crippen LogP contribution >= 0.6 is 15.9 Å². The van der Waals surface area contributed by atoms with Crippen LogP contribution in [0, 0.1) is 0 Å². The Bertz CT molecular complexity index is 281. The second-order valence-electron chi connectivity index (χ2n) is 3.01. The largest absolute Gasteiger partial charge is 0.398 e. The highest BCUT2D eigenvalue weighted by molar-refractivity contribution is 9.10. The maximum Gasteiger partial charge on any atom is 0.0705 e. The van der Waals surface area contributed by atoms with Gasteiger partial charge in [0.2, 0.25) is 0 Å². The molecule has 0 unspecified atom stereocenters. The SMILES string of the molecule is C[C@H](O)[C@H](N)c1c(N)cccc1Br. The fraction of sp³-hybridized carbons (Fsp3) is 0.333. The maximum atomic E-state index is 9.32. The number of aliphatic hydroxyl groups excluding tert-OH is 1. The van der Waals surface area contributed by atoms with Crippen molar-refractivity contribution in [3.05, 3.63) is 28.2 Å². The van der Waals surface area contributed by atoms with E-state index in [1.807, 2.05) is 12.1 Å². The van der Waals surface area contributed by atoms with Crippen LogP contribution in [0.15, 0.2) is 22.7 Å². The Morgan fingerprint density at radius 2 is 2.08 bits per heavy atom. The first kappa shape index (κ1) is 10.5. The average molecular weight is 245 g/mol. The first-order chi connectivity index (χ1) is 6.04. The highest BCUT2D eigenvalue weighted by Crippen LogP contribution is 2.29. The van der Waals surface area contributed by atoms with Crippen LogP contribution in [0.3, 0.4) is 0 Å². The van der Waals surface area contributed by atoms with Crippen molar-refractivity contribution in [3.8, 4) is 0 Å². The molecule has 0 radical (unpaired) electrons. The highest BCUT2D eigenvalue weighted by atomic mass is 79.9. The van der Waals surface area contributed by atoms with Crippen LogP contribution in [0.5, 0.6) is 0 Å². The maximum absolute atomic E-state index is 9.32. The lowest BCUT2D eigenvalue weighted by atomic mass is 10.0. The van der Waals surface area contributed by atoms with Gasteiger partial charge in [-0.3, -0.25) is 0 Å². The van der Waals surface area contributed by atoms with Gasteiger partial charge in [0.05, 0.1) is 12.1 Å². The van der Waals surface area contributed by atoms with E-state index in [0.29, 0.717) is 5.69 Å². The summed E-state index contributed by atoms with van der Waals surface area (Å²) in [6, 6.07) is 5.00. The quantitative estimate of drug-likeness (QED) is 0.690. The zero-order chi connectivity index (χ0) is 10.0. The molecule has 0 bridgehead atoms. The molecule has 0 saturated carbocycles. The summed E-state index contributed by atoms with van der Waals surface area (Å²) in [5.41, 5.74) is 12.9.